The van der Waals surface area contributed by atoms with E-state index in [9.17, 15) is 0 Å². The van der Waals surface area contributed by atoms with Crippen molar-refractivity contribution < 1.29 is 4.57 Å². The van der Waals surface area contributed by atoms with E-state index in [2.05, 4.69) is 43.8 Å². The molecule has 0 aliphatic heterocycles. The average Bonchev–Trinajstić information content (AvgIpc) is 3.19. The summed E-state index contributed by atoms with van der Waals surface area (Å²) in [7, 11) is 0. The molecule has 0 saturated heterocycles. The van der Waals surface area contributed by atoms with Crippen LogP contribution in [0.3, 0.4) is 0 Å². The second-order valence-corrected chi connectivity index (χ2v) is 18.4. The molecule has 0 aliphatic rings. The van der Waals surface area contributed by atoms with E-state index in [0.717, 1.165) is 0 Å². The summed E-state index contributed by atoms with van der Waals surface area (Å²) in [5.74, 6) is 0. The van der Waals surface area contributed by atoms with Crippen molar-refractivity contribution in [2.75, 3.05) is 0 Å². The summed E-state index contributed by atoms with van der Waals surface area (Å²) in [6.45, 7) is 8.17. The van der Waals surface area contributed by atoms with E-state index in [0.29, 0.717) is 0 Å². The monoisotopic (exact) mass is 767 g/mol. The van der Waals surface area contributed by atoms with Crippen molar-refractivity contribution in [1.82, 2.24) is 0 Å². The van der Waals surface area contributed by atoms with Crippen LogP contribution in [0.4, 0.5) is 0 Å². The third-order valence-electron chi connectivity index (χ3n) is 12.7. The highest BCUT2D eigenvalue weighted by atomic mass is 14.9. The first-order chi connectivity index (χ1) is 27.3. The van der Waals surface area contributed by atoms with Gasteiger partial charge in [0.15, 0.2) is 12.4 Å². The van der Waals surface area contributed by atoms with Crippen molar-refractivity contribution in [2.24, 2.45) is 0 Å². The summed E-state index contributed by atoms with van der Waals surface area (Å²) in [4.78, 5) is 0. The molecule has 0 saturated carbocycles. The molecule has 1 nitrogen and oxygen atoms in total. The van der Waals surface area contributed by atoms with E-state index in [4.69, 9.17) is 0 Å². The van der Waals surface area contributed by atoms with Crippen molar-refractivity contribution in [3.05, 3.63) is 29.6 Å². The van der Waals surface area contributed by atoms with E-state index in [1.165, 1.54) is 295 Å². The minimum Gasteiger partial charge on any atom is -0.205 e. The van der Waals surface area contributed by atoms with Gasteiger partial charge in [0, 0.05) is 17.5 Å². The minimum absolute atomic E-state index is 1.22. The molecule has 0 aromatic carbocycles. The molecular formula is C54H104N+. The smallest absolute Gasteiger partial charge is 0.171 e. The molecule has 324 valence electrons. The average molecular weight is 767 g/mol. The molecule has 0 unspecified atom stereocenters. The molecule has 1 heterocycles. The molecule has 0 radical (unpaired) electrons. The summed E-state index contributed by atoms with van der Waals surface area (Å²) in [6.07, 6.45) is 69.8. The van der Waals surface area contributed by atoms with Gasteiger partial charge in [-0.2, -0.15) is 0 Å². The van der Waals surface area contributed by atoms with Crippen LogP contribution in [0.15, 0.2) is 18.5 Å². The maximum absolute atomic E-state index is 2.60. The molecule has 55 heavy (non-hydrogen) atoms. The number of unbranched alkanes of at least 4 members (excludes halogenated alkanes) is 40. The van der Waals surface area contributed by atoms with E-state index in [1.54, 1.807) is 11.1 Å². The fourth-order valence-electron chi connectivity index (χ4n) is 8.89. The van der Waals surface area contributed by atoms with Crippen LogP contribution in [0.2, 0.25) is 0 Å². The van der Waals surface area contributed by atoms with Crippen LogP contribution in [0.1, 0.15) is 308 Å². The van der Waals surface area contributed by atoms with Crippen molar-refractivity contribution in [3.8, 4) is 0 Å². The third-order valence-corrected chi connectivity index (χ3v) is 12.7. The van der Waals surface area contributed by atoms with Gasteiger partial charge in [-0.25, -0.2) is 4.57 Å². The molecule has 0 fully saturated rings. The van der Waals surface area contributed by atoms with Gasteiger partial charge in [0.1, 0.15) is 6.54 Å². The quantitative estimate of drug-likeness (QED) is 0.0460. The molecule has 1 aromatic rings. The maximum atomic E-state index is 2.60. The minimum atomic E-state index is 1.22. The van der Waals surface area contributed by atoms with E-state index < -0.39 is 0 Å². The molecular weight excluding hydrogens is 663 g/mol. The van der Waals surface area contributed by atoms with Crippen molar-refractivity contribution in [3.63, 3.8) is 0 Å². The molecule has 0 amide bonds. The van der Waals surface area contributed by atoms with Crippen LogP contribution in [0, 0.1) is 0 Å². The highest BCUT2D eigenvalue weighted by Crippen LogP contribution is 2.18. The third kappa shape index (κ3) is 38.4. The molecule has 1 heteroatoms. The topological polar surface area (TPSA) is 3.88 Å². The highest BCUT2D eigenvalue weighted by Gasteiger charge is 2.09. The predicted molar refractivity (Wildman–Crippen MR) is 250 cm³/mol. The Labute approximate surface area is 349 Å². The van der Waals surface area contributed by atoms with Crippen LogP contribution in [-0.2, 0) is 19.4 Å². The number of hydrogen-bond acceptors (Lipinski definition) is 0. The Morgan fingerprint density at radius 2 is 0.455 bits per heavy atom. The standard InChI is InChI=1S/C54H104N/c1-4-7-10-13-16-19-22-25-26-27-28-31-34-37-40-43-46-49-55-51-53(47-44-41-38-35-32-29-23-20-17-14-11-8-5-2)50-54(52-55)48-45-42-39-36-33-30-24-21-18-15-12-9-6-3/h50-52H,4-49H2,1-3H3/q+1. The lowest BCUT2D eigenvalue weighted by atomic mass is 10.0. The molecule has 0 spiro atoms. The van der Waals surface area contributed by atoms with Gasteiger partial charge in [-0.1, -0.05) is 271 Å². The molecule has 1 rings (SSSR count). The Bertz CT molecular complexity index is 811. The van der Waals surface area contributed by atoms with Gasteiger partial charge < -0.3 is 0 Å². The molecule has 1 aromatic heterocycles. The van der Waals surface area contributed by atoms with Crippen molar-refractivity contribution in [2.45, 2.75) is 316 Å². The Morgan fingerprint density at radius 1 is 0.255 bits per heavy atom. The second-order valence-electron chi connectivity index (χ2n) is 18.4. The van der Waals surface area contributed by atoms with Gasteiger partial charge in [-0.3, -0.25) is 0 Å². The van der Waals surface area contributed by atoms with Gasteiger partial charge in [0.25, 0.3) is 0 Å². The lowest BCUT2D eigenvalue weighted by molar-refractivity contribution is -0.698. The van der Waals surface area contributed by atoms with E-state index in [-0.39, 0.29) is 0 Å². The summed E-state index contributed by atoms with van der Waals surface area (Å²) in [5.41, 5.74) is 3.23. The number of pyridine rings is 1. The molecule has 0 bridgehead atoms. The zero-order valence-electron chi connectivity index (χ0n) is 38.7. The molecule has 0 N–H and O–H groups in total. The molecule has 0 atom stereocenters. The van der Waals surface area contributed by atoms with Crippen LogP contribution < -0.4 is 4.57 Å². The summed E-state index contributed by atoms with van der Waals surface area (Å²) >= 11 is 0. The summed E-state index contributed by atoms with van der Waals surface area (Å²) in [6, 6.07) is 2.59. The first kappa shape index (κ1) is 52.2. The predicted octanol–water partition coefficient (Wildman–Crippen LogP) is 18.9. The van der Waals surface area contributed by atoms with Gasteiger partial charge in [-0.15, -0.1) is 0 Å². The number of aromatic nitrogens is 1. The largest absolute Gasteiger partial charge is 0.205 e. The Morgan fingerprint density at radius 3 is 0.691 bits per heavy atom. The lowest BCUT2D eigenvalue weighted by Gasteiger charge is -2.08. The van der Waals surface area contributed by atoms with Crippen LogP contribution >= 0.6 is 0 Å². The Balaban J connectivity index is 2.27. The Kier molecular flexibility index (Phi) is 42.0. The van der Waals surface area contributed by atoms with Gasteiger partial charge in [0.05, 0.1) is 0 Å². The normalized spacial score (nSPS) is 11.6. The van der Waals surface area contributed by atoms with Crippen LogP contribution in [0.5, 0.6) is 0 Å². The zero-order chi connectivity index (χ0) is 39.4. The highest BCUT2D eigenvalue weighted by molar-refractivity contribution is 5.15. The fraction of sp³-hybridized carbons (Fsp3) is 0.907. The molecule has 0 aliphatic carbocycles. The Hall–Kier alpha value is -0.850. The first-order valence-electron chi connectivity index (χ1n) is 26.3. The summed E-state index contributed by atoms with van der Waals surface area (Å²) < 4.78 is 2.60. The van der Waals surface area contributed by atoms with Gasteiger partial charge >= 0.3 is 0 Å². The lowest BCUT2D eigenvalue weighted by Crippen LogP contribution is -2.34. The van der Waals surface area contributed by atoms with Crippen LogP contribution in [-0.4, -0.2) is 0 Å². The van der Waals surface area contributed by atoms with E-state index in [1.807, 2.05) is 0 Å². The van der Waals surface area contributed by atoms with E-state index >= 15 is 0 Å². The second kappa shape index (κ2) is 44.3. The number of nitrogens with zero attached hydrogens (tertiary/aromatic N) is 1. The van der Waals surface area contributed by atoms with Crippen molar-refractivity contribution in [1.29, 1.82) is 0 Å². The maximum Gasteiger partial charge on any atom is 0.171 e. The summed E-state index contributed by atoms with van der Waals surface area (Å²) in [5, 5.41) is 0. The SMILES string of the molecule is CCCCCCCCCCCCCCCCCCC[n+]1cc(CCCCCCCCCCCCCCC)cc(CCCCCCCCCCCCCCC)c1. The van der Waals surface area contributed by atoms with Crippen LogP contribution in [0.25, 0.3) is 0 Å². The first-order valence-corrected chi connectivity index (χ1v) is 26.3. The number of aryl methyl sites for hydroxylation is 3. The van der Waals surface area contributed by atoms with Crippen molar-refractivity contribution >= 4 is 0 Å². The van der Waals surface area contributed by atoms with Gasteiger partial charge in [-0.05, 0) is 38.2 Å². The number of rotatable bonds is 46. The van der Waals surface area contributed by atoms with Gasteiger partial charge in [0.2, 0.25) is 0 Å². The fourth-order valence-corrected chi connectivity index (χ4v) is 8.89. The number of hydrogen-bond donors (Lipinski definition) is 0. The zero-order valence-corrected chi connectivity index (χ0v) is 38.7.